The maximum Gasteiger partial charge on any atom is 0.254 e. The van der Waals surface area contributed by atoms with Crippen LogP contribution in [0.4, 0.5) is 0 Å². The van der Waals surface area contributed by atoms with Crippen molar-refractivity contribution < 1.29 is 18.8 Å². The molecule has 2 aromatic heterocycles. The van der Waals surface area contributed by atoms with Crippen LogP contribution in [0, 0.1) is 6.92 Å². The molecule has 3 aromatic rings. The first-order chi connectivity index (χ1) is 14.5. The highest BCUT2D eigenvalue weighted by Crippen LogP contribution is 2.36. The van der Waals surface area contributed by atoms with E-state index < -0.39 is 0 Å². The van der Waals surface area contributed by atoms with Gasteiger partial charge in [0.2, 0.25) is 0 Å². The number of amides is 1. The molecule has 30 heavy (non-hydrogen) atoms. The van der Waals surface area contributed by atoms with E-state index in [2.05, 4.69) is 15.5 Å². The molecule has 1 N–H and O–H groups in total. The van der Waals surface area contributed by atoms with Crippen LogP contribution in [-0.2, 0) is 12.3 Å². The molecule has 0 fully saturated rings. The first-order valence-corrected chi connectivity index (χ1v) is 10.7. The summed E-state index contributed by atoms with van der Waals surface area (Å²) in [6.07, 6.45) is 1.66. The molecule has 0 atom stereocenters. The number of thioether (sulfide) groups is 1. The summed E-state index contributed by atoms with van der Waals surface area (Å²) >= 11 is 7.73. The number of ether oxygens (including phenoxy) is 2. The van der Waals surface area contributed by atoms with Gasteiger partial charge in [-0.05, 0) is 43.7 Å². The van der Waals surface area contributed by atoms with E-state index in [0.29, 0.717) is 39.5 Å². The Bertz CT molecular complexity index is 1030. The number of carbonyl (C=O) groups excluding carboxylic acids is 1. The lowest BCUT2D eigenvalue weighted by Gasteiger charge is -2.14. The van der Waals surface area contributed by atoms with Gasteiger partial charge in [-0.2, -0.15) is 0 Å². The third kappa shape index (κ3) is 5.46. The van der Waals surface area contributed by atoms with Crippen LogP contribution in [0.5, 0.6) is 11.5 Å². The van der Waals surface area contributed by atoms with E-state index in [1.54, 1.807) is 37.6 Å². The Morgan fingerprint density at radius 3 is 2.87 bits per heavy atom. The molecule has 1 amide bonds. The van der Waals surface area contributed by atoms with E-state index >= 15 is 0 Å². The molecule has 0 aliphatic carbocycles. The molecule has 158 valence electrons. The van der Waals surface area contributed by atoms with Crippen molar-refractivity contribution in [3.05, 3.63) is 64.1 Å². The quantitative estimate of drug-likeness (QED) is 0.477. The number of hydrogen-bond acceptors (Lipinski definition) is 7. The van der Waals surface area contributed by atoms with Gasteiger partial charge in [0.05, 0.1) is 30.0 Å². The Morgan fingerprint density at radius 1 is 1.33 bits per heavy atom. The van der Waals surface area contributed by atoms with E-state index in [1.807, 2.05) is 19.9 Å². The van der Waals surface area contributed by atoms with Crippen molar-refractivity contribution in [2.45, 2.75) is 31.2 Å². The van der Waals surface area contributed by atoms with Crippen molar-refractivity contribution in [3.63, 3.8) is 0 Å². The van der Waals surface area contributed by atoms with E-state index in [0.717, 1.165) is 17.0 Å². The topological polar surface area (TPSA) is 86.5 Å². The Morgan fingerprint density at radius 2 is 2.17 bits per heavy atom. The maximum atomic E-state index is 12.8. The van der Waals surface area contributed by atoms with Gasteiger partial charge in [-0.3, -0.25) is 4.79 Å². The standard InChI is InChI=1S/C21H22ClN3O4S/c1-4-28-19-17(22)9-14(10-18(19)27-3)11-24-20(26)16-6-5-7-23-21(16)30-12-15-8-13(2)29-25-15/h5-10H,4,11-12H2,1-3H3,(H,24,26). The maximum absolute atomic E-state index is 12.8. The van der Waals surface area contributed by atoms with Gasteiger partial charge in [0.25, 0.3) is 5.91 Å². The molecule has 0 saturated carbocycles. The van der Waals surface area contributed by atoms with E-state index in [9.17, 15) is 4.79 Å². The van der Waals surface area contributed by atoms with E-state index in [4.69, 9.17) is 25.6 Å². The number of hydrogen-bond donors (Lipinski definition) is 1. The number of nitrogens with zero attached hydrogens (tertiary/aromatic N) is 2. The molecule has 7 nitrogen and oxygen atoms in total. The predicted octanol–water partition coefficient (Wildman–Crippen LogP) is 4.66. The lowest BCUT2D eigenvalue weighted by molar-refractivity contribution is 0.0947. The first kappa shape index (κ1) is 22.0. The summed E-state index contributed by atoms with van der Waals surface area (Å²) in [4.78, 5) is 17.1. The number of carbonyl (C=O) groups is 1. The second kappa shape index (κ2) is 10.4. The van der Waals surface area contributed by atoms with Gasteiger partial charge in [-0.1, -0.05) is 28.5 Å². The van der Waals surface area contributed by atoms with Gasteiger partial charge < -0.3 is 19.3 Å². The fourth-order valence-electron chi connectivity index (χ4n) is 2.74. The van der Waals surface area contributed by atoms with Crippen molar-refractivity contribution in [1.29, 1.82) is 0 Å². The highest BCUT2D eigenvalue weighted by Gasteiger charge is 2.15. The van der Waals surface area contributed by atoms with Gasteiger partial charge in [0, 0.05) is 24.6 Å². The molecular formula is C21H22ClN3O4S. The molecule has 0 saturated heterocycles. The molecule has 0 unspecified atom stereocenters. The normalized spacial score (nSPS) is 10.7. The van der Waals surface area contributed by atoms with Crippen molar-refractivity contribution in [1.82, 2.24) is 15.5 Å². The lowest BCUT2D eigenvalue weighted by Crippen LogP contribution is -2.23. The second-order valence-electron chi connectivity index (χ2n) is 6.30. The molecule has 0 aliphatic heterocycles. The van der Waals surface area contributed by atoms with Gasteiger partial charge in [-0.25, -0.2) is 4.98 Å². The van der Waals surface area contributed by atoms with Crippen LogP contribution in [-0.4, -0.2) is 29.8 Å². The zero-order valence-corrected chi connectivity index (χ0v) is 18.5. The van der Waals surface area contributed by atoms with Crippen molar-refractivity contribution in [3.8, 4) is 11.5 Å². The van der Waals surface area contributed by atoms with Gasteiger partial charge in [0.15, 0.2) is 11.5 Å². The van der Waals surface area contributed by atoms with Crippen molar-refractivity contribution in [2.75, 3.05) is 13.7 Å². The van der Waals surface area contributed by atoms with E-state index in [1.165, 1.54) is 11.8 Å². The Labute approximate surface area is 184 Å². The molecule has 9 heteroatoms. The largest absolute Gasteiger partial charge is 0.493 e. The molecule has 0 bridgehead atoms. The van der Waals surface area contributed by atoms with Crippen LogP contribution in [0.15, 0.2) is 46.1 Å². The minimum absolute atomic E-state index is 0.231. The summed E-state index contributed by atoms with van der Waals surface area (Å²) in [5.74, 6) is 2.08. The predicted molar refractivity (Wildman–Crippen MR) is 115 cm³/mol. The second-order valence-corrected chi connectivity index (χ2v) is 7.67. The summed E-state index contributed by atoms with van der Waals surface area (Å²) in [5.41, 5.74) is 2.09. The monoisotopic (exact) mass is 447 g/mol. The minimum atomic E-state index is -0.231. The zero-order valence-electron chi connectivity index (χ0n) is 16.9. The summed E-state index contributed by atoms with van der Waals surface area (Å²) in [5, 5.41) is 7.93. The molecular weight excluding hydrogens is 426 g/mol. The highest BCUT2D eigenvalue weighted by molar-refractivity contribution is 7.98. The van der Waals surface area contributed by atoms with E-state index in [-0.39, 0.29) is 12.5 Å². The van der Waals surface area contributed by atoms with Gasteiger partial charge in [-0.15, -0.1) is 0 Å². The third-order valence-electron chi connectivity index (χ3n) is 4.08. The number of rotatable bonds is 9. The summed E-state index contributed by atoms with van der Waals surface area (Å²) in [6, 6.07) is 8.88. The van der Waals surface area contributed by atoms with Crippen LogP contribution < -0.4 is 14.8 Å². The molecule has 0 aliphatic rings. The van der Waals surface area contributed by atoms with Crippen LogP contribution in [0.3, 0.4) is 0 Å². The number of halogens is 1. The first-order valence-electron chi connectivity index (χ1n) is 9.29. The number of methoxy groups -OCH3 is 1. The molecule has 0 spiro atoms. The summed E-state index contributed by atoms with van der Waals surface area (Å²) in [6.45, 7) is 4.46. The molecule has 0 radical (unpaired) electrons. The number of aryl methyl sites for hydroxylation is 1. The van der Waals surface area contributed by atoms with Gasteiger partial charge >= 0.3 is 0 Å². The van der Waals surface area contributed by atoms with Crippen molar-refractivity contribution >= 4 is 29.3 Å². The fourth-order valence-corrected chi connectivity index (χ4v) is 3.90. The fraction of sp³-hybridized carbons (Fsp3) is 0.286. The number of benzene rings is 1. The highest BCUT2D eigenvalue weighted by atomic mass is 35.5. The number of nitrogens with one attached hydrogen (secondary N) is 1. The van der Waals surface area contributed by atoms with Crippen LogP contribution in [0.2, 0.25) is 5.02 Å². The Hall–Kier alpha value is -2.71. The van der Waals surface area contributed by atoms with Crippen molar-refractivity contribution in [2.24, 2.45) is 0 Å². The van der Waals surface area contributed by atoms with Crippen LogP contribution in [0.1, 0.15) is 34.3 Å². The summed E-state index contributed by atoms with van der Waals surface area (Å²) in [7, 11) is 1.55. The average Bonchev–Trinajstić information content (AvgIpc) is 3.17. The zero-order chi connectivity index (χ0) is 21.5. The van der Waals surface area contributed by atoms with Gasteiger partial charge in [0.1, 0.15) is 10.8 Å². The van der Waals surface area contributed by atoms with Crippen LogP contribution >= 0.6 is 23.4 Å². The summed E-state index contributed by atoms with van der Waals surface area (Å²) < 4.78 is 16.0. The Balaban J connectivity index is 1.68. The SMILES string of the molecule is CCOc1c(Cl)cc(CNC(=O)c2cccnc2SCc2cc(C)on2)cc1OC. The minimum Gasteiger partial charge on any atom is -0.493 e. The third-order valence-corrected chi connectivity index (χ3v) is 5.40. The molecule has 3 rings (SSSR count). The van der Waals surface area contributed by atoms with Crippen LogP contribution in [0.25, 0.3) is 0 Å². The lowest BCUT2D eigenvalue weighted by atomic mass is 10.2. The molecule has 1 aromatic carbocycles. The average molecular weight is 448 g/mol. The molecule has 2 heterocycles. The number of aromatic nitrogens is 2. The number of pyridine rings is 1. The Kier molecular flexibility index (Phi) is 7.59. The smallest absolute Gasteiger partial charge is 0.254 e.